The summed E-state index contributed by atoms with van der Waals surface area (Å²) in [6.07, 6.45) is 2.43. The third-order valence-corrected chi connectivity index (χ3v) is 3.52. The Kier molecular flexibility index (Phi) is 1.85. The summed E-state index contributed by atoms with van der Waals surface area (Å²) in [5.74, 6) is 2.01. The zero-order valence-corrected chi connectivity index (χ0v) is 7.75. The molecule has 0 bridgehead atoms. The summed E-state index contributed by atoms with van der Waals surface area (Å²) in [4.78, 5) is 11.4. The minimum atomic E-state index is 0.0584. The highest BCUT2D eigenvalue weighted by Crippen LogP contribution is 2.44. The van der Waals surface area contributed by atoms with Gasteiger partial charge in [0.25, 0.3) is 0 Å². The van der Waals surface area contributed by atoms with Gasteiger partial charge in [-0.2, -0.15) is 0 Å². The highest BCUT2D eigenvalue weighted by atomic mass is 16.5. The Hall–Kier alpha value is -0.530. The molecule has 4 atom stereocenters. The van der Waals surface area contributed by atoms with Crippen molar-refractivity contribution >= 4 is 5.97 Å². The molecule has 2 heteroatoms. The van der Waals surface area contributed by atoms with E-state index in [9.17, 15) is 4.79 Å². The smallest absolute Gasteiger partial charge is 0.309 e. The Morgan fingerprint density at radius 3 is 2.67 bits per heavy atom. The van der Waals surface area contributed by atoms with Crippen LogP contribution in [0, 0.1) is 23.7 Å². The van der Waals surface area contributed by atoms with Gasteiger partial charge in [-0.15, -0.1) is 0 Å². The lowest BCUT2D eigenvalue weighted by molar-refractivity contribution is -0.160. The van der Waals surface area contributed by atoms with Gasteiger partial charge in [0.15, 0.2) is 0 Å². The van der Waals surface area contributed by atoms with Crippen molar-refractivity contribution in [1.29, 1.82) is 0 Å². The maximum atomic E-state index is 11.4. The number of esters is 1. The molecular weight excluding hydrogens is 152 g/mol. The lowest BCUT2D eigenvalue weighted by atomic mass is 9.81. The second kappa shape index (κ2) is 2.75. The van der Waals surface area contributed by atoms with Gasteiger partial charge >= 0.3 is 5.97 Å². The van der Waals surface area contributed by atoms with E-state index in [2.05, 4.69) is 13.8 Å². The Balaban J connectivity index is 2.18. The van der Waals surface area contributed by atoms with E-state index in [4.69, 9.17) is 4.74 Å². The minimum absolute atomic E-state index is 0.0584. The Morgan fingerprint density at radius 1 is 1.25 bits per heavy atom. The summed E-state index contributed by atoms with van der Waals surface area (Å²) >= 11 is 0. The van der Waals surface area contributed by atoms with E-state index in [0.29, 0.717) is 24.4 Å². The van der Waals surface area contributed by atoms with Crippen LogP contribution in [0.25, 0.3) is 0 Å². The summed E-state index contributed by atoms with van der Waals surface area (Å²) in [6, 6.07) is 0. The first-order valence-electron chi connectivity index (χ1n) is 4.87. The average molecular weight is 168 g/mol. The molecule has 0 radical (unpaired) electrons. The molecule has 0 aromatic carbocycles. The first-order valence-corrected chi connectivity index (χ1v) is 4.87. The Bertz CT molecular complexity index is 200. The van der Waals surface area contributed by atoms with E-state index in [1.807, 2.05) is 0 Å². The molecule has 1 saturated heterocycles. The van der Waals surface area contributed by atoms with Crippen LogP contribution in [0.3, 0.4) is 0 Å². The number of carbonyl (C=O) groups is 1. The minimum Gasteiger partial charge on any atom is -0.465 e. The van der Waals surface area contributed by atoms with Gasteiger partial charge in [-0.3, -0.25) is 4.79 Å². The van der Waals surface area contributed by atoms with Crippen LogP contribution in [0.1, 0.15) is 26.7 Å². The standard InChI is InChI=1S/C10H16O2/c1-6-3-4-8-7(2)5-12-10(11)9(6)8/h6-9H,3-5H2,1-2H3/t6-,7-,8-,9?/m0/s1. The molecule has 1 unspecified atom stereocenters. The maximum Gasteiger partial charge on any atom is 0.309 e. The van der Waals surface area contributed by atoms with Gasteiger partial charge in [0.05, 0.1) is 12.5 Å². The van der Waals surface area contributed by atoms with Gasteiger partial charge < -0.3 is 4.74 Å². The van der Waals surface area contributed by atoms with Gasteiger partial charge in [-0.25, -0.2) is 0 Å². The number of fused-ring (bicyclic) bond motifs is 1. The molecule has 12 heavy (non-hydrogen) atoms. The molecule has 0 aromatic heterocycles. The van der Waals surface area contributed by atoms with Crippen LogP contribution in [-0.4, -0.2) is 12.6 Å². The van der Waals surface area contributed by atoms with Crippen molar-refractivity contribution in [1.82, 2.24) is 0 Å². The second-order valence-corrected chi connectivity index (χ2v) is 4.35. The molecular formula is C10H16O2. The van der Waals surface area contributed by atoms with Gasteiger partial charge in [0, 0.05) is 0 Å². The van der Waals surface area contributed by atoms with Gasteiger partial charge in [-0.05, 0) is 30.6 Å². The van der Waals surface area contributed by atoms with Crippen molar-refractivity contribution in [2.24, 2.45) is 23.7 Å². The number of carbonyl (C=O) groups excluding carboxylic acids is 1. The average Bonchev–Trinajstić information content (AvgIpc) is 2.42. The molecule has 1 heterocycles. The van der Waals surface area contributed by atoms with Gasteiger partial charge in [0.1, 0.15) is 0 Å². The second-order valence-electron chi connectivity index (χ2n) is 4.35. The Labute approximate surface area is 73.3 Å². The number of rotatable bonds is 0. The van der Waals surface area contributed by atoms with Crippen LogP contribution in [0.5, 0.6) is 0 Å². The first kappa shape index (κ1) is 8.09. The fourth-order valence-electron chi connectivity index (χ4n) is 2.72. The van der Waals surface area contributed by atoms with E-state index in [-0.39, 0.29) is 11.9 Å². The summed E-state index contributed by atoms with van der Waals surface area (Å²) in [7, 11) is 0. The fourth-order valence-corrected chi connectivity index (χ4v) is 2.72. The highest BCUT2D eigenvalue weighted by molar-refractivity contribution is 5.74. The van der Waals surface area contributed by atoms with Crippen molar-refractivity contribution in [3.63, 3.8) is 0 Å². The lowest BCUT2D eigenvalue weighted by Gasteiger charge is -2.31. The fraction of sp³-hybridized carbons (Fsp3) is 0.900. The van der Waals surface area contributed by atoms with Crippen LogP contribution in [0.4, 0.5) is 0 Å². The summed E-state index contributed by atoms with van der Waals surface area (Å²) in [6.45, 7) is 5.01. The molecule has 68 valence electrons. The van der Waals surface area contributed by atoms with Crippen molar-refractivity contribution in [3.05, 3.63) is 0 Å². The maximum absolute atomic E-state index is 11.4. The van der Waals surface area contributed by atoms with Crippen molar-refractivity contribution < 1.29 is 9.53 Å². The van der Waals surface area contributed by atoms with E-state index >= 15 is 0 Å². The monoisotopic (exact) mass is 168 g/mol. The van der Waals surface area contributed by atoms with E-state index < -0.39 is 0 Å². The molecule has 2 aliphatic rings. The number of hydrogen-bond acceptors (Lipinski definition) is 2. The zero-order chi connectivity index (χ0) is 8.72. The van der Waals surface area contributed by atoms with E-state index in [0.717, 1.165) is 0 Å². The molecule has 1 saturated carbocycles. The first-order chi connectivity index (χ1) is 5.70. The summed E-state index contributed by atoms with van der Waals surface area (Å²) in [5, 5.41) is 0. The summed E-state index contributed by atoms with van der Waals surface area (Å²) in [5.41, 5.74) is 0. The normalized spacial score (nSPS) is 47.0. The SMILES string of the molecule is C[C@H]1CC[C@@H]2C1C(=O)OC[C@@H]2C. The summed E-state index contributed by atoms with van der Waals surface area (Å²) < 4.78 is 5.14. The third kappa shape index (κ3) is 1.05. The van der Waals surface area contributed by atoms with Crippen molar-refractivity contribution in [2.75, 3.05) is 6.61 Å². The topological polar surface area (TPSA) is 26.3 Å². The van der Waals surface area contributed by atoms with Gasteiger partial charge in [-0.1, -0.05) is 13.8 Å². The molecule has 2 nitrogen and oxygen atoms in total. The van der Waals surface area contributed by atoms with Crippen LogP contribution in [-0.2, 0) is 9.53 Å². The van der Waals surface area contributed by atoms with Crippen LogP contribution < -0.4 is 0 Å². The van der Waals surface area contributed by atoms with Crippen LogP contribution in [0.15, 0.2) is 0 Å². The molecule has 2 fully saturated rings. The number of ether oxygens (including phenoxy) is 1. The lowest BCUT2D eigenvalue weighted by Crippen LogP contribution is -2.37. The largest absolute Gasteiger partial charge is 0.465 e. The third-order valence-electron chi connectivity index (χ3n) is 3.52. The predicted octanol–water partition coefficient (Wildman–Crippen LogP) is 1.84. The molecule has 1 aliphatic carbocycles. The number of cyclic esters (lactones) is 1. The van der Waals surface area contributed by atoms with Crippen molar-refractivity contribution in [3.8, 4) is 0 Å². The molecule has 0 aromatic rings. The predicted molar refractivity (Wildman–Crippen MR) is 45.5 cm³/mol. The van der Waals surface area contributed by atoms with E-state index in [1.165, 1.54) is 12.8 Å². The molecule has 0 N–H and O–H groups in total. The van der Waals surface area contributed by atoms with Gasteiger partial charge in [0.2, 0.25) is 0 Å². The van der Waals surface area contributed by atoms with E-state index in [1.54, 1.807) is 0 Å². The number of hydrogen-bond donors (Lipinski definition) is 0. The van der Waals surface area contributed by atoms with Crippen LogP contribution >= 0.6 is 0 Å². The van der Waals surface area contributed by atoms with Crippen molar-refractivity contribution in [2.45, 2.75) is 26.7 Å². The highest BCUT2D eigenvalue weighted by Gasteiger charge is 2.45. The molecule has 2 rings (SSSR count). The Morgan fingerprint density at radius 2 is 2.00 bits per heavy atom. The zero-order valence-electron chi connectivity index (χ0n) is 7.75. The quantitative estimate of drug-likeness (QED) is 0.516. The molecule has 0 amide bonds. The molecule has 1 aliphatic heterocycles. The van der Waals surface area contributed by atoms with Crippen LogP contribution in [0.2, 0.25) is 0 Å². The molecule has 0 spiro atoms.